The third-order valence-electron chi connectivity index (χ3n) is 14.5. The quantitative estimate of drug-likeness (QED) is 0.193. The van der Waals surface area contributed by atoms with E-state index in [9.17, 15) is 24.3 Å². The van der Waals surface area contributed by atoms with E-state index in [1.807, 2.05) is 26.8 Å². The van der Waals surface area contributed by atoms with Crippen LogP contribution >= 0.6 is 0 Å². The van der Waals surface area contributed by atoms with Crippen LogP contribution < -0.4 is 5.32 Å². The van der Waals surface area contributed by atoms with Gasteiger partial charge in [-0.05, 0) is 67.1 Å². The topological polar surface area (TPSA) is 137 Å². The molecule has 10 nitrogen and oxygen atoms in total. The third kappa shape index (κ3) is 5.65. The lowest BCUT2D eigenvalue weighted by molar-refractivity contribution is -0.374. The van der Waals surface area contributed by atoms with Crippen molar-refractivity contribution in [3.8, 4) is 0 Å². The van der Waals surface area contributed by atoms with Gasteiger partial charge >= 0.3 is 17.9 Å². The average Bonchev–Trinajstić information content (AvgIpc) is 3.02. The molecule has 2 bridgehead atoms. The summed E-state index contributed by atoms with van der Waals surface area (Å²) in [5.41, 5.74) is -3.67. The molecule has 3 aliphatic carbocycles. The van der Waals surface area contributed by atoms with E-state index in [2.05, 4.69) is 46.9 Å². The number of fused-ring (bicyclic) bond motifs is 5. The number of esters is 3. The van der Waals surface area contributed by atoms with Gasteiger partial charge < -0.3 is 29.4 Å². The number of benzene rings is 1. The van der Waals surface area contributed by atoms with E-state index in [0.29, 0.717) is 12.0 Å². The highest BCUT2D eigenvalue weighted by Crippen LogP contribution is 2.74. The van der Waals surface area contributed by atoms with Crippen LogP contribution in [0.15, 0.2) is 41.5 Å². The number of aliphatic hydroxyl groups is 1. The van der Waals surface area contributed by atoms with Crippen molar-refractivity contribution in [2.45, 2.75) is 138 Å². The predicted molar refractivity (Wildman–Crippen MR) is 191 cm³/mol. The Kier molecular flexibility index (Phi) is 9.72. The Morgan fingerprint density at radius 3 is 2.08 bits per heavy atom. The summed E-state index contributed by atoms with van der Waals surface area (Å²) in [6.07, 6.45) is -2.07. The summed E-state index contributed by atoms with van der Waals surface area (Å²) < 4.78 is 25.7. The molecule has 1 amide bonds. The van der Waals surface area contributed by atoms with Crippen molar-refractivity contribution < 1.29 is 43.2 Å². The molecule has 1 heterocycles. The number of amides is 1. The van der Waals surface area contributed by atoms with Crippen molar-refractivity contribution in [2.75, 3.05) is 6.61 Å². The lowest BCUT2D eigenvalue weighted by Gasteiger charge is -2.75. The van der Waals surface area contributed by atoms with Crippen molar-refractivity contribution in [3.63, 3.8) is 0 Å². The molecular formula is C41H59NO9. The molecule has 5 rings (SSSR count). The zero-order valence-electron chi connectivity index (χ0n) is 32.8. The van der Waals surface area contributed by atoms with Crippen molar-refractivity contribution in [3.05, 3.63) is 47.0 Å². The van der Waals surface area contributed by atoms with Gasteiger partial charge in [0.2, 0.25) is 5.91 Å². The fourth-order valence-electron chi connectivity index (χ4n) is 10.7. The minimum Gasteiger partial charge on any atom is -0.457 e. The Balaban J connectivity index is 1.80. The Hall–Kier alpha value is -3.24. The van der Waals surface area contributed by atoms with Gasteiger partial charge in [0, 0.05) is 31.7 Å². The van der Waals surface area contributed by atoms with Crippen LogP contribution in [-0.4, -0.2) is 71.1 Å². The van der Waals surface area contributed by atoms with E-state index in [4.69, 9.17) is 18.9 Å². The summed E-state index contributed by atoms with van der Waals surface area (Å²) in [4.78, 5) is 52.9. The SMILES string of the molecule is CC(=O)NC(C)[C@@H](C)C(=O)OC1CC2(O)C(OC(=O)c3ccccc3)C3C4(OC(C)=O)COC4CC(C)(C)[C@@]3(C)C(C)(C)[C@H](C)C(=C1C)C2(C)C. The fraction of sp³-hybridized carbons (Fsp3) is 0.707. The number of nitrogens with one attached hydrogen (secondary N) is 1. The van der Waals surface area contributed by atoms with Crippen LogP contribution in [-0.2, 0) is 33.3 Å². The predicted octanol–water partition coefficient (Wildman–Crippen LogP) is 6.19. The van der Waals surface area contributed by atoms with Gasteiger partial charge in [0.1, 0.15) is 23.9 Å². The second-order valence-electron chi connectivity index (χ2n) is 17.8. The summed E-state index contributed by atoms with van der Waals surface area (Å²) in [6.45, 7) is 25.4. The summed E-state index contributed by atoms with van der Waals surface area (Å²) >= 11 is 0. The van der Waals surface area contributed by atoms with Crippen LogP contribution in [0.2, 0.25) is 0 Å². The molecule has 2 N–H and O–H groups in total. The second kappa shape index (κ2) is 12.7. The normalized spacial score (nSPS) is 37.1. The molecule has 10 heteroatoms. The summed E-state index contributed by atoms with van der Waals surface area (Å²) in [5, 5.41) is 16.5. The zero-order chi connectivity index (χ0) is 38.3. The number of rotatable bonds is 7. The molecule has 1 aromatic carbocycles. The maximum absolute atomic E-state index is 14.3. The Morgan fingerprint density at radius 1 is 0.941 bits per heavy atom. The maximum atomic E-state index is 14.3. The van der Waals surface area contributed by atoms with Crippen LogP contribution in [0, 0.1) is 39.4 Å². The van der Waals surface area contributed by atoms with Crippen LogP contribution in [0.1, 0.15) is 113 Å². The molecule has 1 aliphatic heterocycles. The van der Waals surface area contributed by atoms with E-state index >= 15 is 0 Å². The van der Waals surface area contributed by atoms with Crippen molar-refractivity contribution >= 4 is 23.8 Å². The highest BCUT2D eigenvalue weighted by atomic mass is 16.6. The molecule has 10 atom stereocenters. The first kappa shape index (κ1) is 39.0. The lowest BCUT2D eigenvalue weighted by Crippen LogP contribution is -2.82. The lowest BCUT2D eigenvalue weighted by atomic mass is 9.33. The molecule has 0 radical (unpaired) electrons. The largest absolute Gasteiger partial charge is 0.457 e. The van der Waals surface area contributed by atoms with Gasteiger partial charge in [0.25, 0.3) is 0 Å². The number of carbonyl (C=O) groups excluding carboxylic acids is 4. The van der Waals surface area contributed by atoms with Crippen LogP contribution in [0.3, 0.4) is 0 Å². The number of carbonyl (C=O) groups is 4. The molecule has 0 aromatic heterocycles. The summed E-state index contributed by atoms with van der Waals surface area (Å²) in [7, 11) is 0. The van der Waals surface area contributed by atoms with Crippen LogP contribution in [0.4, 0.5) is 0 Å². The molecule has 2 saturated carbocycles. The van der Waals surface area contributed by atoms with E-state index in [1.165, 1.54) is 13.8 Å². The van der Waals surface area contributed by atoms with E-state index in [-0.39, 0.29) is 24.9 Å². The van der Waals surface area contributed by atoms with Gasteiger partial charge in [0.05, 0.1) is 24.0 Å². The fourth-order valence-corrected chi connectivity index (χ4v) is 10.7. The standard InChI is InChI=1S/C41H59NO9/c1-22(25(4)42-26(5)43)34(45)49-29-19-41(47)33(50-35(46)28-17-15-14-16-18-28)32-39(13,37(9,10)24(3)31(23(29)2)38(41,11)12)36(7,8)20-30-40(32,21-48-30)51-27(6)44/h14-18,22,24-25,29-30,32-33,47H,19-21H2,1-13H3,(H,42,43)/t22-,24-,25?,29?,30?,32?,33?,39+,40?,41?/m1/s1. The van der Waals surface area contributed by atoms with Crippen LogP contribution in [0.25, 0.3) is 0 Å². The second-order valence-corrected chi connectivity index (χ2v) is 17.8. The first-order chi connectivity index (χ1) is 23.4. The molecule has 282 valence electrons. The van der Waals surface area contributed by atoms with E-state index < -0.39 is 87.0 Å². The number of hydrogen-bond donors (Lipinski definition) is 2. The van der Waals surface area contributed by atoms with Crippen molar-refractivity contribution in [1.82, 2.24) is 5.32 Å². The Morgan fingerprint density at radius 2 is 1.55 bits per heavy atom. The maximum Gasteiger partial charge on any atom is 0.338 e. The first-order valence-corrected chi connectivity index (χ1v) is 18.4. The highest BCUT2D eigenvalue weighted by molar-refractivity contribution is 5.89. The van der Waals surface area contributed by atoms with E-state index in [1.54, 1.807) is 38.1 Å². The smallest absolute Gasteiger partial charge is 0.338 e. The van der Waals surface area contributed by atoms with Gasteiger partial charge in [-0.3, -0.25) is 14.4 Å². The molecule has 0 spiro atoms. The third-order valence-corrected chi connectivity index (χ3v) is 14.5. The van der Waals surface area contributed by atoms with Crippen LogP contribution in [0.5, 0.6) is 0 Å². The highest BCUT2D eigenvalue weighted by Gasteiger charge is 2.80. The van der Waals surface area contributed by atoms with Crippen molar-refractivity contribution in [1.29, 1.82) is 0 Å². The number of hydrogen-bond acceptors (Lipinski definition) is 9. The van der Waals surface area contributed by atoms with Crippen molar-refractivity contribution in [2.24, 2.45) is 39.4 Å². The Bertz CT molecular complexity index is 1610. The van der Waals surface area contributed by atoms with Gasteiger partial charge in [-0.25, -0.2) is 4.79 Å². The molecule has 3 fully saturated rings. The van der Waals surface area contributed by atoms with E-state index in [0.717, 1.165) is 11.1 Å². The van der Waals surface area contributed by atoms with Gasteiger partial charge in [-0.15, -0.1) is 0 Å². The molecule has 1 saturated heterocycles. The van der Waals surface area contributed by atoms with Gasteiger partial charge in [-0.1, -0.05) is 79.2 Å². The minimum absolute atomic E-state index is 0.0725. The first-order valence-electron chi connectivity index (χ1n) is 18.4. The Labute approximate surface area is 303 Å². The van der Waals surface area contributed by atoms with Gasteiger partial charge in [0.15, 0.2) is 5.60 Å². The molecule has 7 unspecified atom stereocenters. The molecule has 51 heavy (non-hydrogen) atoms. The molecule has 4 aliphatic rings. The number of ether oxygens (including phenoxy) is 4. The minimum atomic E-state index is -1.82. The van der Waals surface area contributed by atoms with Gasteiger partial charge in [-0.2, -0.15) is 0 Å². The summed E-state index contributed by atoms with van der Waals surface area (Å²) in [5.74, 6) is -3.46. The molecular weight excluding hydrogens is 650 g/mol. The average molecular weight is 710 g/mol. The summed E-state index contributed by atoms with van der Waals surface area (Å²) in [6, 6.07) is 8.18. The zero-order valence-corrected chi connectivity index (χ0v) is 32.8. The molecule has 1 aromatic rings. The monoisotopic (exact) mass is 709 g/mol.